The molecule has 6 heteroatoms. The van der Waals surface area contributed by atoms with Gasteiger partial charge in [0.1, 0.15) is 5.69 Å². The van der Waals surface area contributed by atoms with Crippen LogP contribution in [0.4, 0.5) is 13.2 Å². The average Bonchev–Trinajstić information content (AvgIpc) is 2.73. The smallest absolute Gasteiger partial charge is 0.161 e. The Labute approximate surface area is 115 Å². The van der Waals surface area contributed by atoms with E-state index in [1.54, 1.807) is 13.1 Å². The molecule has 1 aromatic heterocycles. The topological polar surface area (TPSA) is 29.9 Å². The average molecular weight is 283 g/mol. The number of nitrogens with zero attached hydrogens (tertiary/aromatic N) is 2. The molecule has 3 nitrogen and oxygen atoms in total. The lowest BCUT2D eigenvalue weighted by atomic mass is 10.2. The third-order valence-electron chi connectivity index (χ3n) is 3.03. The molecular formula is C14H16F3N3. The Morgan fingerprint density at radius 2 is 1.80 bits per heavy atom. The molecule has 0 aliphatic heterocycles. The fraction of sp³-hybridized carbons (Fsp3) is 0.357. The summed E-state index contributed by atoms with van der Waals surface area (Å²) in [6, 6.07) is 1.64. The lowest BCUT2D eigenvalue weighted by Gasteiger charge is -2.09. The van der Waals surface area contributed by atoms with E-state index in [9.17, 15) is 13.2 Å². The lowest BCUT2D eigenvalue weighted by Crippen LogP contribution is -2.22. The number of nitrogens with one attached hydrogen (secondary N) is 1. The maximum atomic E-state index is 13.7. The summed E-state index contributed by atoms with van der Waals surface area (Å²) in [4.78, 5) is 0. The largest absolute Gasteiger partial charge is 0.310 e. The Hall–Kier alpha value is -1.82. The van der Waals surface area contributed by atoms with E-state index in [1.807, 2.05) is 13.8 Å². The zero-order chi connectivity index (χ0) is 14.9. The molecule has 0 radical (unpaired) electrons. The van der Waals surface area contributed by atoms with E-state index >= 15 is 0 Å². The fourth-order valence-corrected chi connectivity index (χ4v) is 1.85. The highest BCUT2D eigenvalue weighted by Crippen LogP contribution is 2.20. The van der Waals surface area contributed by atoms with Gasteiger partial charge in [-0.15, -0.1) is 0 Å². The number of aromatic nitrogens is 2. The highest BCUT2D eigenvalue weighted by Gasteiger charge is 2.15. The molecule has 1 aromatic carbocycles. The summed E-state index contributed by atoms with van der Waals surface area (Å²) < 4.78 is 41.2. The van der Waals surface area contributed by atoms with Crippen molar-refractivity contribution >= 4 is 0 Å². The summed E-state index contributed by atoms with van der Waals surface area (Å²) in [5, 5.41) is 7.26. The molecule has 2 aromatic rings. The predicted molar refractivity (Wildman–Crippen MR) is 70.2 cm³/mol. The molecule has 1 N–H and O–H groups in total. The van der Waals surface area contributed by atoms with E-state index in [1.165, 1.54) is 4.68 Å². The molecule has 2 rings (SSSR count). The Morgan fingerprint density at radius 3 is 2.45 bits per heavy atom. The van der Waals surface area contributed by atoms with Gasteiger partial charge in [-0.2, -0.15) is 5.10 Å². The van der Waals surface area contributed by atoms with E-state index in [0.29, 0.717) is 24.3 Å². The van der Waals surface area contributed by atoms with Gasteiger partial charge in [0.05, 0.1) is 6.20 Å². The van der Waals surface area contributed by atoms with Crippen LogP contribution in [-0.2, 0) is 6.54 Å². The van der Waals surface area contributed by atoms with Crippen LogP contribution in [0.2, 0.25) is 0 Å². The second-order valence-corrected chi connectivity index (χ2v) is 4.92. The van der Waals surface area contributed by atoms with Crippen molar-refractivity contribution < 1.29 is 13.2 Å². The highest BCUT2D eigenvalue weighted by atomic mass is 19.2. The van der Waals surface area contributed by atoms with Gasteiger partial charge in [-0.1, -0.05) is 13.8 Å². The number of hydrogen-bond donors (Lipinski definition) is 1. The van der Waals surface area contributed by atoms with Crippen LogP contribution in [-0.4, -0.2) is 15.8 Å². The zero-order valence-corrected chi connectivity index (χ0v) is 11.5. The van der Waals surface area contributed by atoms with E-state index in [-0.39, 0.29) is 5.69 Å². The molecule has 0 spiro atoms. The van der Waals surface area contributed by atoms with Crippen LogP contribution >= 0.6 is 0 Å². The minimum Gasteiger partial charge on any atom is -0.310 e. The molecule has 108 valence electrons. The van der Waals surface area contributed by atoms with Crippen molar-refractivity contribution in [1.82, 2.24) is 15.1 Å². The van der Waals surface area contributed by atoms with Crippen molar-refractivity contribution in [3.63, 3.8) is 0 Å². The number of hydrogen-bond acceptors (Lipinski definition) is 2. The van der Waals surface area contributed by atoms with Crippen molar-refractivity contribution in [3.05, 3.63) is 47.0 Å². The first kappa shape index (κ1) is 14.6. The van der Waals surface area contributed by atoms with E-state index in [4.69, 9.17) is 0 Å². The molecule has 1 heterocycles. The number of benzene rings is 1. The Balaban J connectivity index is 2.37. The Morgan fingerprint density at radius 1 is 1.15 bits per heavy atom. The van der Waals surface area contributed by atoms with Gasteiger partial charge in [-0.25, -0.2) is 17.9 Å². The van der Waals surface area contributed by atoms with Crippen LogP contribution in [0.5, 0.6) is 0 Å². The first-order valence-electron chi connectivity index (χ1n) is 6.32. The summed E-state index contributed by atoms with van der Waals surface area (Å²) in [7, 11) is 0. The summed E-state index contributed by atoms with van der Waals surface area (Å²) >= 11 is 0. The molecule has 20 heavy (non-hydrogen) atoms. The van der Waals surface area contributed by atoms with Gasteiger partial charge < -0.3 is 5.32 Å². The summed E-state index contributed by atoms with van der Waals surface area (Å²) in [5.74, 6) is -3.16. The van der Waals surface area contributed by atoms with Gasteiger partial charge in [0, 0.05) is 36.0 Å². The van der Waals surface area contributed by atoms with Gasteiger partial charge in [0.15, 0.2) is 17.5 Å². The maximum absolute atomic E-state index is 13.7. The zero-order valence-electron chi connectivity index (χ0n) is 11.5. The molecule has 0 aliphatic carbocycles. The molecule has 0 unspecified atom stereocenters. The van der Waals surface area contributed by atoms with Gasteiger partial charge in [-0.05, 0) is 6.92 Å². The molecule has 0 atom stereocenters. The van der Waals surface area contributed by atoms with Crippen molar-refractivity contribution in [2.45, 2.75) is 33.4 Å². The van der Waals surface area contributed by atoms with Crippen LogP contribution in [0.1, 0.15) is 25.1 Å². The van der Waals surface area contributed by atoms with E-state index in [2.05, 4.69) is 10.4 Å². The highest BCUT2D eigenvalue weighted by molar-refractivity contribution is 5.37. The SMILES string of the molecule is Cc1c(CNC(C)C)cnn1-c1cc(F)c(F)cc1F. The van der Waals surface area contributed by atoms with Crippen LogP contribution in [0.25, 0.3) is 5.69 Å². The van der Waals surface area contributed by atoms with Gasteiger partial charge in [-0.3, -0.25) is 0 Å². The summed E-state index contributed by atoms with van der Waals surface area (Å²) in [6.45, 7) is 6.35. The second kappa shape index (κ2) is 5.66. The van der Waals surface area contributed by atoms with Crippen molar-refractivity contribution in [2.24, 2.45) is 0 Å². The minimum atomic E-state index is -1.21. The first-order valence-corrected chi connectivity index (χ1v) is 6.32. The first-order chi connectivity index (χ1) is 9.40. The van der Waals surface area contributed by atoms with Crippen molar-refractivity contribution in [1.29, 1.82) is 0 Å². The van der Waals surface area contributed by atoms with E-state index < -0.39 is 17.5 Å². The molecule has 0 saturated heterocycles. The van der Waals surface area contributed by atoms with Gasteiger partial charge >= 0.3 is 0 Å². The predicted octanol–water partition coefficient (Wildman–Crippen LogP) is 3.10. The minimum absolute atomic E-state index is 0.0998. The summed E-state index contributed by atoms with van der Waals surface area (Å²) in [6.07, 6.45) is 1.59. The van der Waals surface area contributed by atoms with Crippen molar-refractivity contribution in [3.8, 4) is 5.69 Å². The van der Waals surface area contributed by atoms with Crippen LogP contribution in [0.15, 0.2) is 18.3 Å². The van der Waals surface area contributed by atoms with E-state index in [0.717, 1.165) is 11.6 Å². The molecule has 0 amide bonds. The summed E-state index contributed by atoms with van der Waals surface area (Å²) in [5.41, 5.74) is 1.46. The van der Waals surface area contributed by atoms with Crippen LogP contribution in [0.3, 0.4) is 0 Å². The quantitative estimate of drug-likeness (QED) is 0.874. The second-order valence-electron chi connectivity index (χ2n) is 4.92. The Kier molecular flexibility index (Phi) is 4.13. The monoisotopic (exact) mass is 283 g/mol. The van der Waals surface area contributed by atoms with Crippen LogP contribution < -0.4 is 5.32 Å². The molecule has 0 saturated carbocycles. The molecule has 0 fully saturated rings. The lowest BCUT2D eigenvalue weighted by molar-refractivity contribution is 0.491. The van der Waals surface area contributed by atoms with Gasteiger partial charge in [0.25, 0.3) is 0 Å². The standard InChI is InChI=1S/C14H16F3N3/c1-8(2)18-6-10-7-19-20(9(10)3)14-5-12(16)11(15)4-13(14)17/h4-5,7-8,18H,6H2,1-3H3. The van der Waals surface area contributed by atoms with Crippen molar-refractivity contribution in [2.75, 3.05) is 0 Å². The van der Waals surface area contributed by atoms with Crippen LogP contribution in [0, 0.1) is 24.4 Å². The molecule has 0 aliphatic rings. The maximum Gasteiger partial charge on any atom is 0.161 e. The third-order valence-corrected chi connectivity index (χ3v) is 3.03. The van der Waals surface area contributed by atoms with Gasteiger partial charge in [0.2, 0.25) is 0 Å². The molecule has 0 bridgehead atoms. The number of rotatable bonds is 4. The normalized spacial score (nSPS) is 11.3. The number of halogens is 3. The third kappa shape index (κ3) is 2.85. The fourth-order valence-electron chi connectivity index (χ4n) is 1.85. The molecular weight excluding hydrogens is 267 g/mol. The Bertz CT molecular complexity index is 620.